The maximum atomic E-state index is 11.2. The minimum absolute atomic E-state index is 0.172. The van der Waals surface area contributed by atoms with Crippen LogP contribution < -0.4 is 0 Å². The molecule has 96 valence electrons. The number of imidazole rings is 1. The summed E-state index contributed by atoms with van der Waals surface area (Å²) in [4.78, 5) is 15.6. The SMILES string of the molecule is CCOC(=O)CSCc1cn2cc(Br)ccc2n1. The van der Waals surface area contributed by atoms with E-state index in [1.54, 1.807) is 0 Å². The Morgan fingerprint density at radius 1 is 1.50 bits per heavy atom. The molecule has 0 N–H and O–H groups in total. The summed E-state index contributed by atoms with van der Waals surface area (Å²) < 4.78 is 7.84. The summed E-state index contributed by atoms with van der Waals surface area (Å²) >= 11 is 4.93. The number of esters is 1. The number of ether oxygens (including phenoxy) is 1. The number of carbonyl (C=O) groups excluding carboxylic acids is 1. The molecule has 0 atom stereocenters. The lowest BCUT2D eigenvalue weighted by Crippen LogP contribution is -2.06. The van der Waals surface area contributed by atoms with E-state index in [1.165, 1.54) is 11.8 Å². The zero-order valence-electron chi connectivity index (χ0n) is 9.93. The molecule has 2 aromatic heterocycles. The highest BCUT2D eigenvalue weighted by Gasteiger charge is 2.05. The largest absolute Gasteiger partial charge is 0.465 e. The molecule has 0 fully saturated rings. The van der Waals surface area contributed by atoms with E-state index >= 15 is 0 Å². The van der Waals surface area contributed by atoms with E-state index in [0.29, 0.717) is 18.1 Å². The first-order valence-corrected chi connectivity index (χ1v) is 7.50. The van der Waals surface area contributed by atoms with Gasteiger partial charge >= 0.3 is 5.97 Å². The summed E-state index contributed by atoms with van der Waals surface area (Å²) in [5.41, 5.74) is 1.87. The standard InChI is InChI=1S/C12H13BrN2O2S/c1-2-17-12(16)8-18-7-10-6-15-5-9(13)3-4-11(15)14-10/h3-6H,2,7-8H2,1H3. The molecule has 0 aromatic carbocycles. The first-order valence-electron chi connectivity index (χ1n) is 5.55. The van der Waals surface area contributed by atoms with Crippen LogP contribution in [0.3, 0.4) is 0 Å². The molecule has 0 bridgehead atoms. The van der Waals surface area contributed by atoms with E-state index in [4.69, 9.17) is 4.74 Å². The van der Waals surface area contributed by atoms with Gasteiger partial charge in [0.1, 0.15) is 5.65 Å². The molecular weight excluding hydrogens is 316 g/mol. The molecular formula is C12H13BrN2O2S. The minimum Gasteiger partial charge on any atom is -0.465 e. The van der Waals surface area contributed by atoms with Gasteiger partial charge in [-0.2, -0.15) is 0 Å². The summed E-state index contributed by atoms with van der Waals surface area (Å²) in [7, 11) is 0. The van der Waals surface area contributed by atoms with E-state index in [0.717, 1.165) is 15.8 Å². The van der Waals surface area contributed by atoms with Crippen molar-refractivity contribution in [2.75, 3.05) is 12.4 Å². The van der Waals surface area contributed by atoms with E-state index < -0.39 is 0 Å². The Labute approximate surface area is 118 Å². The van der Waals surface area contributed by atoms with Crippen LogP contribution in [0.15, 0.2) is 29.0 Å². The molecule has 0 amide bonds. The zero-order valence-corrected chi connectivity index (χ0v) is 12.3. The van der Waals surface area contributed by atoms with Gasteiger partial charge in [0, 0.05) is 22.6 Å². The third-order valence-corrected chi connectivity index (χ3v) is 3.65. The number of aromatic nitrogens is 2. The van der Waals surface area contributed by atoms with Crippen LogP contribution in [-0.2, 0) is 15.3 Å². The predicted octanol–water partition coefficient (Wildman–Crippen LogP) is 2.89. The van der Waals surface area contributed by atoms with Crippen molar-refractivity contribution < 1.29 is 9.53 Å². The van der Waals surface area contributed by atoms with E-state index in [1.807, 2.05) is 35.9 Å². The summed E-state index contributed by atoms with van der Waals surface area (Å²) in [6, 6.07) is 3.90. The molecule has 0 aliphatic heterocycles. The van der Waals surface area contributed by atoms with Crippen molar-refractivity contribution in [2.45, 2.75) is 12.7 Å². The average Bonchev–Trinajstić information content (AvgIpc) is 2.71. The lowest BCUT2D eigenvalue weighted by molar-refractivity contribution is -0.139. The molecule has 2 aromatic rings. The fraction of sp³-hybridized carbons (Fsp3) is 0.333. The van der Waals surface area contributed by atoms with Crippen LogP contribution in [0.4, 0.5) is 0 Å². The summed E-state index contributed by atoms with van der Waals surface area (Å²) in [5, 5.41) is 0. The highest BCUT2D eigenvalue weighted by molar-refractivity contribution is 9.10. The van der Waals surface area contributed by atoms with Gasteiger partial charge in [0.15, 0.2) is 0 Å². The number of nitrogens with zero attached hydrogens (tertiary/aromatic N) is 2. The maximum absolute atomic E-state index is 11.2. The quantitative estimate of drug-likeness (QED) is 0.791. The first-order chi connectivity index (χ1) is 8.69. The van der Waals surface area contributed by atoms with Crippen LogP contribution in [0, 0.1) is 0 Å². The predicted molar refractivity (Wildman–Crippen MR) is 75.7 cm³/mol. The number of thioether (sulfide) groups is 1. The van der Waals surface area contributed by atoms with Crippen LogP contribution in [-0.4, -0.2) is 27.7 Å². The molecule has 0 aliphatic carbocycles. The van der Waals surface area contributed by atoms with Gasteiger partial charge in [0.05, 0.1) is 18.1 Å². The maximum Gasteiger partial charge on any atom is 0.315 e. The van der Waals surface area contributed by atoms with Gasteiger partial charge in [-0.15, -0.1) is 11.8 Å². The smallest absolute Gasteiger partial charge is 0.315 e. The van der Waals surface area contributed by atoms with Gasteiger partial charge in [-0.25, -0.2) is 4.98 Å². The molecule has 6 heteroatoms. The number of rotatable bonds is 5. The summed E-state index contributed by atoms with van der Waals surface area (Å²) in [5.74, 6) is 0.901. The van der Waals surface area contributed by atoms with Crippen LogP contribution >= 0.6 is 27.7 Å². The molecule has 0 radical (unpaired) electrons. The number of pyridine rings is 1. The minimum atomic E-state index is -0.172. The van der Waals surface area contributed by atoms with Crippen molar-refractivity contribution >= 4 is 39.3 Å². The Bertz CT molecular complexity index is 556. The second-order valence-electron chi connectivity index (χ2n) is 3.64. The second-order valence-corrected chi connectivity index (χ2v) is 5.54. The van der Waals surface area contributed by atoms with Gasteiger partial charge in [-0.3, -0.25) is 4.79 Å². The number of fused-ring (bicyclic) bond motifs is 1. The highest BCUT2D eigenvalue weighted by atomic mass is 79.9. The Balaban J connectivity index is 1.94. The Kier molecular flexibility index (Phi) is 4.66. The molecule has 0 saturated carbocycles. The van der Waals surface area contributed by atoms with Gasteiger partial charge in [0.25, 0.3) is 0 Å². The lowest BCUT2D eigenvalue weighted by Gasteiger charge is -1.99. The van der Waals surface area contributed by atoms with Crippen molar-refractivity contribution in [1.29, 1.82) is 0 Å². The van der Waals surface area contributed by atoms with Crippen molar-refractivity contribution in [3.05, 3.63) is 34.7 Å². The van der Waals surface area contributed by atoms with Crippen LogP contribution in [0.25, 0.3) is 5.65 Å². The van der Waals surface area contributed by atoms with Crippen LogP contribution in [0.1, 0.15) is 12.6 Å². The summed E-state index contributed by atoms with van der Waals surface area (Å²) in [6.45, 7) is 2.24. The molecule has 2 heterocycles. The average molecular weight is 329 g/mol. The molecule has 0 saturated heterocycles. The molecule has 0 spiro atoms. The molecule has 18 heavy (non-hydrogen) atoms. The monoisotopic (exact) mass is 328 g/mol. The third kappa shape index (κ3) is 3.49. The van der Waals surface area contributed by atoms with E-state index in [9.17, 15) is 4.79 Å². The second kappa shape index (κ2) is 6.24. The third-order valence-electron chi connectivity index (χ3n) is 2.24. The zero-order chi connectivity index (χ0) is 13.0. The van der Waals surface area contributed by atoms with Gasteiger partial charge in [0.2, 0.25) is 0 Å². The number of halogens is 1. The number of carbonyl (C=O) groups is 1. The van der Waals surface area contributed by atoms with Crippen LogP contribution in [0.2, 0.25) is 0 Å². The molecule has 2 rings (SSSR count). The molecule has 0 unspecified atom stereocenters. The molecule has 0 aliphatic rings. The van der Waals surface area contributed by atoms with Crippen molar-refractivity contribution in [3.8, 4) is 0 Å². The van der Waals surface area contributed by atoms with E-state index in [2.05, 4.69) is 20.9 Å². The molecule has 4 nitrogen and oxygen atoms in total. The van der Waals surface area contributed by atoms with Crippen LogP contribution in [0.5, 0.6) is 0 Å². The Morgan fingerprint density at radius 2 is 2.33 bits per heavy atom. The topological polar surface area (TPSA) is 43.6 Å². The fourth-order valence-electron chi connectivity index (χ4n) is 1.53. The fourth-order valence-corrected chi connectivity index (χ4v) is 2.58. The normalized spacial score (nSPS) is 10.8. The van der Waals surface area contributed by atoms with Crippen molar-refractivity contribution in [1.82, 2.24) is 9.38 Å². The lowest BCUT2D eigenvalue weighted by atomic mass is 10.5. The highest BCUT2D eigenvalue weighted by Crippen LogP contribution is 2.16. The Morgan fingerprint density at radius 3 is 3.11 bits per heavy atom. The van der Waals surface area contributed by atoms with Gasteiger partial charge in [-0.1, -0.05) is 0 Å². The summed E-state index contributed by atoms with van der Waals surface area (Å²) in [6.07, 6.45) is 3.93. The van der Waals surface area contributed by atoms with Crippen molar-refractivity contribution in [2.24, 2.45) is 0 Å². The number of hydrogen-bond donors (Lipinski definition) is 0. The van der Waals surface area contributed by atoms with Gasteiger partial charge < -0.3 is 9.14 Å². The van der Waals surface area contributed by atoms with Gasteiger partial charge in [-0.05, 0) is 35.0 Å². The van der Waals surface area contributed by atoms with E-state index in [-0.39, 0.29) is 5.97 Å². The first kappa shape index (κ1) is 13.4. The Hall–Kier alpha value is -1.01. The number of hydrogen-bond acceptors (Lipinski definition) is 4. The van der Waals surface area contributed by atoms with Crippen molar-refractivity contribution in [3.63, 3.8) is 0 Å².